The van der Waals surface area contributed by atoms with E-state index in [4.69, 9.17) is 14.2 Å². The summed E-state index contributed by atoms with van der Waals surface area (Å²) in [5.41, 5.74) is 2.85. The summed E-state index contributed by atoms with van der Waals surface area (Å²) < 4.78 is 16.2. The van der Waals surface area contributed by atoms with E-state index in [1.165, 1.54) is 11.3 Å². The van der Waals surface area contributed by atoms with Crippen LogP contribution in [0.4, 0.5) is 0 Å². The van der Waals surface area contributed by atoms with Gasteiger partial charge in [0.1, 0.15) is 10.8 Å². The van der Waals surface area contributed by atoms with Gasteiger partial charge in [-0.2, -0.15) is 5.26 Å². The standard InChI is InChI=1S/C23H22N2O4S/c1-5-29-20-11-16(7-6-14(20)2)22(26)17(12-24)23-25-18(13-30-23)15-8-9-19(27-3)21(10-15)28-4/h6-11,13,17H,5H2,1-4H3. The van der Waals surface area contributed by atoms with E-state index in [2.05, 4.69) is 11.1 Å². The van der Waals surface area contributed by atoms with Gasteiger partial charge in [-0.3, -0.25) is 4.79 Å². The van der Waals surface area contributed by atoms with Gasteiger partial charge in [-0.05, 0) is 43.7 Å². The van der Waals surface area contributed by atoms with E-state index >= 15 is 0 Å². The molecule has 0 amide bonds. The number of methoxy groups -OCH3 is 2. The number of nitriles is 1. The highest BCUT2D eigenvalue weighted by atomic mass is 32.1. The molecule has 30 heavy (non-hydrogen) atoms. The number of Topliss-reactive ketones (excluding diaryl/α,β-unsaturated/α-hetero) is 1. The van der Waals surface area contributed by atoms with E-state index in [0.717, 1.165) is 11.1 Å². The number of carbonyl (C=O) groups is 1. The fourth-order valence-electron chi connectivity index (χ4n) is 3.01. The van der Waals surface area contributed by atoms with E-state index in [-0.39, 0.29) is 5.78 Å². The van der Waals surface area contributed by atoms with Gasteiger partial charge in [-0.25, -0.2) is 4.98 Å². The molecular weight excluding hydrogens is 400 g/mol. The van der Waals surface area contributed by atoms with Crippen molar-refractivity contribution in [2.45, 2.75) is 19.8 Å². The fraction of sp³-hybridized carbons (Fsp3) is 0.261. The van der Waals surface area contributed by atoms with E-state index < -0.39 is 5.92 Å². The number of hydrogen-bond donors (Lipinski definition) is 0. The summed E-state index contributed by atoms with van der Waals surface area (Å²) in [5.74, 6) is 0.560. The molecule has 2 aromatic carbocycles. The first-order chi connectivity index (χ1) is 14.5. The Morgan fingerprint density at radius 2 is 1.90 bits per heavy atom. The first kappa shape index (κ1) is 21.3. The van der Waals surface area contributed by atoms with Crippen molar-refractivity contribution in [3.05, 3.63) is 57.9 Å². The molecule has 0 radical (unpaired) electrons. The van der Waals surface area contributed by atoms with Crippen molar-refractivity contribution in [2.75, 3.05) is 20.8 Å². The normalized spacial score (nSPS) is 11.4. The van der Waals surface area contributed by atoms with Crippen molar-refractivity contribution in [1.29, 1.82) is 5.26 Å². The highest BCUT2D eigenvalue weighted by molar-refractivity contribution is 7.10. The van der Waals surface area contributed by atoms with Crippen LogP contribution in [0.3, 0.4) is 0 Å². The lowest BCUT2D eigenvalue weighted by Gasteiger charge is -2.10. The number of benzene rings is 2. The second-order valence-electron chi connectivity index (χ2n) is 6.48. The third-order valence-corrected chi connectivity index (χ3v) is 5.52. The zero-order valence-electron chi connectivity index (χ0n) is 17.3. The number of aromatic nitrogens is 1. The molecule has 1 aromatic heterocycles. The Morgan fingerprint density at radius 3 is 2.57 bits per heavy atom. The van der Waals surface area contributed by atoms with Crippen molar-refractivity contribution in [3.8, 4) is 34.6 Å². The van der Waals surface area contributed by atoms with Gasteiger partial charge in [0.2, 0.25) is 0 Å². The zero-order valence-corrected chi connectivity index (χ0v) is 18.1. The van der Waals surface area contributed by atoms with Crippen LogP contribution in [0.15, 0.2) is 41.8 Å². The highest BCUT2D eigenvalue weighted by Gasteiger charge is 2.26. The van der Waals surface area contributed by atoms with Gasteiger partial charge >= 0.3 is 0 Å². The molecule has 0 aliphatic carbocycles. The predicted molar refractivity (Wildman–Crippen MR) is 116 cm³/mol. The van der Waals surface area contributed by atoms with Gasteiger partial charge in [0, 0.05) is 16.5 Å². The Bertz CT molecular complexity index is 1100. The van der Waals surface area contributed by atoms with Crippen LogP contribution in [0.2, 0.25) is 0 Å². The molecule has 1 atom stereocenters. The minimum Gasteiger partial charge on any atom is -0.494 e. The van der Waals surface area contributed by atoms with Gasteiger partial charge in [-0.15, -0.1) is 11.3 Å². The molecule has 0 N–H and O–H groups in total. The van der Waals surface area contributed by atoms with E-state index in [1.807, 2.05) is 37.4 Å². The first-order valence-electron chi connectivity index (χ1n) is 9.37. The average Bonchev–Trinajstić information content (AvgIpc) is 3.25. The van der Waals surface area contributed by atoms with Crippen molar-refractivity contribution in [2.24, 2.45) is 0 Å². The van der Waals surface area contributed by atoms with Crippen LogP contribution in [-0.4, -0.2) is 31.6 Å². The Kier molecular flexibility index (Phi) is 6.70. The quantitative estimate of drug-likeness (QED) is 0.474. The Morgan fingerprint density at radius 1 is 1.13 bits per heavy atom. The lowest BCUT2D eigenvalue weighted by Crippen LogP contribution is -2.11. The molecule has 3 rings (SSSR count). The predicted octanol–water partition coefficient (Wildman–Crippen LogP) is 5.02. The monoisotopic (exact) mass is 422 g/mol. The smallest absolute Gasteiger partial charge is 0.187 e. The van der Waals surface area contributed by atoms with Crippen LogP contribution in [-0.2, 0) is 0 Å². The SMILES string of the molecule is CCOc1cc(C(=O)C(C#N)c2nc(-c3ccc(OC)c(OC)c3)cs2)ccc1C. The summed E-state index contributed by atoms with van der Waals surface area (Å²) in [7, 11) is 3.14. The summed E-state index contributed by atoms with van der Waals surface area (Å²) >= 11 is 1.28. The van der Waals surface area contributed by atoms with E-state index in [9.17, 15) is 10.1 Å². The van der Waals surface area contributed by atoms with Crippen LogP contribution in [0.5, 0.6) is 17.2 Å². The van der Waals surface area contributed by atoms with E-state index in [0.29, 0.717) is 40.1 Å². The molecule has 6 nitrogen and oxygen atoms in total. The molecule has 0 aliphatic heterocycles. The molecule has 0 bridgehead atoms. The highest BCUT2D eigenvalue weighted by Crippen LogP contribution is 2.34. The molecule has 0 saturated carbocycles. The number of hydrogen-bond acceptors (Lipinski definition) is 7. The number of carbonyl (C=O) groups excluding carboxylic acids is 1. The summed E-state index contributed by atoms with van der Waals surface area (Å²) in [5, 5.41) is 12.0. The van der Waals surface area contributed by atoms with Crippen LogP contribution in [0.25, 0.3) is 11.3 Å². The van der Waals surface area contributed by atoms with Crippen molar-refractivity contribution >= 4 is 17.1 Å². The number of aryl methyl sites for hydroxylation is 1. The Labute approximate surface area is 179 Å². The number of nitrogens with zero attached hydrogens (tertiary/aromatic N) is 2. The topological polar surface area (TPSA) is 81.4 Å². The zero-order chi connectivity index (χ0) is 21.7. The summed E-state index contributed by atoms with van der Waals surface area (Å²) in [6.07, 6.45) is 0. The third-order valence-electron chi connectivity index (χ3n) is 4.61. The number of rotatable bonds is 8. The summed E-state index contributed by atoms with van der Waals surface area (Å²) in [4.78, 5) is 17.6. The van der Waals surface area contributed by atoms with Gasteiger partial charge in [0.25, 0.3) is 0 Å². The molecule has 0 aliphatic rings. The van der Waals surface area contributed by atoms with Gasteiger partial charge < -0.3 is 14.2 Å². The maximum atomic E-state index is 13.0. The van der Waals surface area contributed by atoms with Gasteiger partial charge in [0.15, 0.2) is 23.2 Å². The van der Waals surface area contributed by atoms with Crippen LogP contribution >= 0.6 is 11.3 Å². The second-order valence-corrected chi connectivity index (χ2v) is 7.37. The Balaban J connectivity index is 1.90. The lowest BCUT2D eigenvalue weighted by molar-refractivity contribution is 0.0978. The molecule has 1 heterocycles. The van der Waals surface area contributed by atoms with Crippen molar-refractivity contribution in [1.82, 2.24) is 4.98 Å². The van der Waals surface area contributed by atoms with Crippen molar-refractivity contribution in [3.63, 3.8) is 0 Å². The minimum absolute atomic E-state index is 0.299. The molecule has 154 valence electrons. The van der Waals surface area contributed by atoms with Crippen LogP contribution < -0.4 is 14.2 Å². The largest absolute Gasteiger partial charge is 0.494 e. The number of ketones is 1. The molecule has 0 saturated heterocycles. The molecule has 0 fully saturated rings. The second kappa shape index (κ2) is 9.42. The number of ether oxygens (including phenoxy) is 3. The molecule has 0 spiro atoms. The van der Waals surface area contributed by atoms with Crippen molar-refractivity contribution < 1.29 is 19.0 Å². The third kappa shape index (κ3) is 4.29. The summed E-state index contributed by atoms with van der Waals surface area (Å²) in [6, 6.07) is 12.8. The van der Waals surface area contributed by atoms with Crippen LogP contribution in [0.1, 0.15) is 33.8 Å². The maximum absolute atomic E-state index is 13.0. The van der Waals surface area contributed by atoms with Gasteiger partial charge in [-0.1, -0.05) is 12.1 Å². The maximum Gasteiger partial charge on any atom is 0.187 e. The first-order valence-corrected chi connectivity index (χ1v) is 10.2. The molecule has 1 unspecified atom stereocenters. The molecule has 7 heteroatoms. The molecular formula is C23H22N2O4S. The minimum atomic E-state index is -0.985. The molecule has 3 aromatic rings. The van der Waals surface area contributed by atoms with Crippen LogP contribution in [0, 0.1) is 18.3 Å². The average molecular weight is 423 g/mol. The fourth-order valence-corrected chi connectivity index (χ4v) is 3.87. The van der Waals surface area contributed by atoms with Gasteiger partial charge in [0.05, 0.1) is 32.6 Å². The Hall–Kier alpha value is -3.37. The van der Waals surface area contributed by atoms with E-state index in [1.54, 1.807) is 32.4 Å². The lowest BCUT2D eigenvalue weighted by atomic mass is 9.98. The summed E-state index contributed by atoms with van der Waals surface area (Å²) in [6.45, 7) is 4.30. The number of thiazole rings is 1.